The summed E-state index contributed by atoms with van der Waals surface area (Å²) in [6.45, 7) is 0.0415. The molecule has 0 aliphatic carbocycles. The first-order chi connectivity index (χ1) is 12.0. The van der Waals surface area contributed by atoms with Crippen LogP contribution in [0.3, 0.4) is 0 Å². The van der Waals surface area contributed by atoms with E-state index in [4.69, 9.17) is 0 Å². The fourth-order valence-electron chi connectivity index (χ4n) is 2.33. The summed E-state index contributed by atoms with van der Waals surface area (Å²) in [7, 11) is 0. The predicted molar refractivity (Wildman–Crippen MR) is 89.2 cm³/mol. The molecule has 1 aliphatic rings. The number of nitrogens with zero attached hydrogens (tertiary/aromatic N) is 1. The van der Waals surface area contributed by atoms with Gasteiger partial charge < -0.3 is 5.32 Å². The van der Waals surface area contributed by atoms with Crippen LogP contribution in [0.2, 0.25) is 0 Å². The van der Waals surface area contributed by atoms with Gasteiger partial charge in [-0.05, 0) is 29.8 Å². The molecule has 8 heteroatoms. The number of rotatable bonds is 4. The van der Waals surface area contributed by atoms with E-state index in [-0.39, 0.29) is 29.0 Å². The Morgan fingerprint density at radius 2 is 1.80 bits per heavy atom. The number of imide groups is 1. The predicted octanol–water partition coefficient (Wildman–Crippen LogP) is 3.41. The maximum Gasteiger partial charge on any atom is 0.289 e. The molecule has 1 saturated heterocycles. The number of hydrogen-bond donors (Lipinski definition) is 1. The quantitative estimate of drug-likeness (QED) is 0.905. The van der Waals surface area contributed by atoms with Crippen molar-refractivity contribution in [2.45, 2.75) is 6.54 Å². The Balaban J connectivity index is 1.78. The second-order valence-electron chi connectivity index (χ2n) is 5.29. The fourth-order valence-corrected chi connectivity index (χ4v) is 3.06. The molecular formula is C17H12F2N2O3S. The molecule has 2 aromatic rings. The maximum absolute atomic E-state index is 13.6. The molecule has 0 spiro atoms. The third-order valence-electron chi connectivity index (χ3n) is 3.57. The van der Waals surface area contributed by atoms with Crippen molar-refractivity contribution in [1.29, 1.82) is 0 Å². The Morgan fingerprint density at radius 3 is 2.44 bits per heavy atom. The van der Waals surface area contributed by atoms with Crippen LogP contribution in [-0.2, 0) is 11.3 Å². The normalized spacial score (nSPS) is 14.1. The van der Waals surface area contributed by atoms with E-state index in [0.29, 0.717) is 5.56 Å². The summed E-state index contributed by atoms with van der Waals surface area (Å²) in [6.07, 6.45) is 0. The highest BCUT2D eigenvalue weighted by Crippen LogP contribution is 2.22. The van der Waals surface area contributed by atoms with Crippen molar-refractivity contribution in [3.8, 4) is 0 Å². The van der Waals surface area contributed by atoms with Crippen molar-refractivity contribution >= 4 is 34.5 Å². The molecule has 0 unspecified atom stereocenters. The average Bonchev–Trinajstić information content (AvgIpc) is 2.90. The van der Waals surface area contributed by atoms with E-state index in [1.54, 1.807) is 12.1 Å². The first-order valence-electron chi connectivity index (χ1n) is 7.27. The minimum Gasteiger partial charge on any atom is -0.317 e. The smallest absolute Gasteiger partial charge is 0.289 e. The van der Waals surface area contributed by atoms with Crippen molar-refractivity contribution < 1.29 is 23.2 Å². The van der Waals surface area contributed by atoms with Gasteiger partial charge in [0.25, 0.3) is 11.1 Å². The lowest BCUT2D eigenvalue weighted by Gasteiger charge is -2.13. The molecule has 0 aromatic heterocycles. The summed E-state index contributed by atoms with van der Waals surface area (Å²) < 4.78 is 27.2. The maximum atomic E-state index is 13.6. The molecule has 25 heavy (non-hydrogen) atoms. The van der Waals surface area contributed by atoms with Gasteiger partial charge in [-0.1, -0.05) is 30.0 Å². The molecule has 3 rings (SSSR count). The topological polar surface area (TPSA) is 66.5 Å². The molecule has 5 nitrogen and oxygen atoms in total. The van der Waals surface area contributed by atoms with Crippen LogP contribution in [0.25, 0.3) is 0 Å². The number of thioether (sulfide) groups is 1. The molecule has 3 amide bonds. The number of benzene rings is 2. The zero-order valence-electron chi connectivity index (χ0n) is 12.8. The number of hydrogen-bond acceptors (Lipinski definition) is 4. The highest BCUT2D eigenvalue weighted by atomic mass is 32.2. The standard InChI is InChI=1S/C17H12F2N2O3S/c18-12-5-2-6-13(19)15(12)20-16(23)11-4-1-3-10(7-11)8-21-14(22)9-25-17(21)24/h1-7H,8-9H2,(H,20,23). The van der Waals surface area contributed by atoms with Gasteiger partial charge in [-0.25, -0.2) is 8.78 Å². The Bertz CT molecular complexity index is 836. The van der Waals surface area contributed by atoms with Crippen LogP contribution in [0.5, 0.6) is 0 Å². The lowest BCUT2D eigenvalue weighted by Crippen LogP contribution is -2.28. The lowest BCUT2D eigenvalue weighted by atomic mass is 10.1. The first kappa shape index (κ1) is 17.1. The molecule has 1 aliphatic heterocycles. The summed E-state index contributed by atoms with van der Waals surface area (Å²) in [4.78, 5) is 36.6. The molecule has 0 saturated carbocycles. The van der Waals surface area contributed by atoms with Crippen molar-refractivity contribution in [2.24, 2.45) is 0 Å². The summed E-state index contributed by atoms with van der Waals surface area (Å²) in [6, 6.07) is 9.44. The second-order valence-corrected chi connectivity index (χ2v) is 6.21. The van der Waals surface area contributed by atoms with Gasteiger partial charge in [0.05, 0.1) is 12.3 Å². The third kappa shape index (κ3) is 3.69. The number of halogens is 2. The number of para-hydroxylation sites is 1. The molecule has 2 aromatic carbocycles. The molecular weight excluding hydrogens is 350 g/mol. The van der Waals surface area contributed by atoms with Crippen LogP contribution in [0.4, 0.5) is 19.3 Å². The van der Waals surface area contributed by atoms with Crippen molar-refractivity contribution in [2.75, 3.05) is 11.1 Å². The van der Waals surface area contributed by atoms with Gasteiger partial charge in [0.1, 0.15) is 17.3 Å². The number of nitrogens with one attached hydrogen (secondary N) is 1. The zero-order chi connectivity index (χ0) is 18.0. The Morgan fingerprint density at radius 1 is 1.12 bits per heavy atom. The van der Waals surface area contributed by atoms with E-state index in [9.17, 15) is 23.2 Å². The van der Waals surface area contributed by atoms with Crippen LogP contribution in [-0.4, -0.2) is 27.7 Å². The number of carbonyl (C=O) groups excluding carboxylic acids is 3. The van der Waals surface area contributed by atoms with Gasteiger partial charge in [0.15, 0.2) is 0 Å². The van der Waals surface area contributed by atoms with Gasteiger partial charge in [0.2, 0.25) is 5.91 Å². The summed E-state index contributed by atoms with van der Waals surface area (Å²) in [5.74, 6) is -2.65. The van der Waals surface area contributed by atoms with E-state index in [1.807, 2.05) is 0 Å². The fraction of sp³-hybridized carbons (Fsp3) is 0.118. The third-order valence-corrected chi connectivity index (χ3v) is 4.43. The molecule has 0 radical (unpaired) electrons. The van der Waals surface area contributed by atoms with E-state index in [2.05, 4.69) is 5.32 Å². The molecule has 0 bridgehead atoms. The van der Waals surface area contributed by atoms with Gasteiger partial charge in [-0.2, -0.15) is 0 Å². The van der Waals surface area contributed by atoms with Crippen LogP contribution >= 0.6 is 11.8 Å². The van der Waals surface area contributed by atoms with Crippen LogP contribution in [0.15, 0.2) is 42.5 Å². The van der Waals surface area contributed by atoms with Crippen LogP contribution in [0.1, 0.15) is 15.9 Å². The van der Waals surface area contributed by atoms with Crippen molar-refractivity contribution in [1.82, 2.24) is 4.90 Å². The summed E-state index contributed by atoms with van der Waals surface area (Å²) in [5, 5.41) is 1.85. The monoisotopic (exact) mass is 362 g/mol. The number of carbonyl (C=O) groups is 3. The minimum absolute atomic E-state index is 0.0415. The molecule has 1 N–H and O–H groups in total. The lowest BCUT2D eigenvalue weighted by molar-refractivity contribution is -0.125. The van der Waals surface area contributed by atoms with Crippen LogP contribution in [0, 0.1) is 11.6 Å². The van der Waals surface area contributed by atoms with Crippen molar-refractivity contribution in [3.05, 3.63) is 65.2 Å². The average molecular weight is 362 g/mol. The van der Waals surface area contributed by atoms with Crippen LogP contribution < -0.4 is 5.32 Å². The zero-order valence-corrected chi connectivity index (χ0v) is 13.6. The summed E-state index contributed by atoms with van der Waals surface area (Å²) in [5.41, 5.74) is 0.192. The minimum atomic E-state index is -0.880. The Kier molecular flexibility index (Phi) is 4.80. The van der Waals surface area contributed by atoms with Gasteiger partial charge >= 0.3 is 0 Å². The molecule has 0 atom stereocenters. The molecule has 128 valence electrons. The largest absolute Gasteiger partial charge is 0.317 e. The van der Waals surface area contributed by atoms with E-state index in [0.717, 1.165) is 28.8 Å². The first-order valence-corrected chi connectivity index (χ1v) is 8.25. The number of anilines is 1. The molecule has 1 heterocycles. The van der Waals surface area contributed by atoms with E-state index >= 15 is 0 Å². The van der Waals surface area contributed by atoms with E-state index in [1.165, 1.54) is 18.2 Å². The molecule has 1 fully saturated rings. The SMILES string of the molecule is O=C(Nc1c(F)cccc1F)c1cccc(CN2C(=O)CSC2=O)c1. The number of amides is 3. The van der Waals surface area contributed by atoms with Gasteiger partial charge in [0, 0.05) is 5.56 Å². The Hall–Kier alpha value is -2.74. The van der Waals surface area contributed by atoms with E-state index < -0.39 is 23.2 Å². The van der Waals surface area contributed by atoms with Crippen molar-refractivity contribution in [3.63, 3.8) is 0 Å². The van der Waals surface area contributed by atoms with Gasteiger partial charge in [-0.3, -0.25) is 19.3 Å². The Labute approximate surface area is 146 Å². The second kappa shape index (κ2) is 7.02. The highest BCUT2D eigenvalue weighted by molar-refractivity contribution is 8.14. The highest BCUT2D eigenvalue weighted by Gasteiger charge is 2.29. The summed E-state index contributed by atoms with van der Waals surface area (Å²) >= 11 is 0.923. The van der Waals surface area contributed by atoms with Gasteiger partial charge in [-0.15, -0.1) is 0 Å².